The Hall–Kier alpha value is -1.49. The number of anilines is 1. The van der Waals surface area contributed by atoms with Gasteiger partial charge in [0, 0.05) is 11.2 Å². The van der Waals surface area contributed by atoms with Gasteiger partial charge in [-0.2, -0.15) is 5.26 Å². The van der Waals surface area contributed by atoms with Crippen molar-refractivity contribution in [2.75, 3.05) is 5.32 Å². The minimum atomic E-state index is 0.0297. The monoisotopic (exact) mass is 188 g/mol. The molecule has 0 bridgehead atoms. The molecule has 0 atom stereocenters. The molecule has 1 rings (SSSR count). The molecule has 0 aromatic heterocycles. The van der Waals surface area contributed by atoms with Gasteiger partial charge in [0.25, 0.3) is 0 Å². The molecule has 1 aromatic carbocycles. The van der Waals surface area contributed by atoms with E-state index in [9.17, 15) is 0 Å². The van der Waals surface area contributed by atoms with Crippen LogP contribution in [0.5, 0.6) is 0 Å². The van der Waals surface area contributed by atoms with Crippen molar-refractivity contribution < 1.29 is 0 Å². The first-order valence-electron chi connectivity index (χ1n) is 4.71. The topological polar surface area (TPSA) is 35.8 Å². The highest BCUT2D eigenvalue weighted by atomic mass is 14.9. The van der Waals surface area contributed by atoms with Crippen LogP contribution in [0.2, 0.25) is 0 Å². The lowest BCUT2D eigenvalue weighted by Crippen LogP contribution is -2.26. The van der Waals surface area contributed by atoms with Crippen LogP contribution in [0.3, 0.4) is 0 Å². The van der Waals surface area contributed by atoms with Gasteiger partial charge in [-0.3, -0.25) is 0 Å². The van der Waals surface area contributed by atoms with Crippen LogP contribution in [0, 0.1) is 18.3 Å². The summed E-state index contributed by atoms with van der Waals surface area (Å²) < 4.78 is 0. The van der Waals surface area contributed by atoms with Crippen LogP contribution in [0.1, 0.15) is 31.9 Å². The number of hydrogen-bond acceptors (Lipinski definition) is 2. The predicted molar refractivity (Wildman–Crippen MR) is 59.3 cm³/mol. The Morgan fingerprint density at radius 3 is 2.43 bits per heavy atom. The Balaban J connectivity index is 2.97. The summed E-state index contributed by atoms with van der Waals surface area (Å²) in [6.45, 7) is 8.23. The normalized spacial score (nSPS) is 10.8. The Morgan fingerprint density at radius 2 is 1.93 bits per heavy atom. The van der Waals surface area contributed by atoms with Crippen molar-refractivity contribution in [2.45, 2.75) is 33.2 Å². The Bertz CT molecular complexity index is 367. The molecule has 1 aromatic rings. The minimum absolute atomic E-state index is 0.0297. The molecular formula is C12H16N2. The Labute approximate surface area is 85.6 Å². The first kappa shape index (κ1) is 10.6. The number of nitrogens with one attached hydrogen (secondary N) is 1. The average molecular weight is 188 g/mol. The summed E-state index contributed by atoms with van der Waals surface area (Å²) >= 11 is 0. The molecule has 0 fully saturated rings. The first-order valence-corrected chi connectivity index (χ1v) is 4.71. The molecule has 0 radical (unpaired) electrons. The fourth-order valence-electron chi connectivity index (χ4n) is 1.25. The van der Waals surface area contributed by atoms with Crippen molar-refractivity contribution in [3.8, 4) is 6.07 Å². The maximum absolute atomic E-state index is 8.86. The molecule has 0 aliphatic heterocycles. The molecule has 0 heterocycles. The molecule has 0 saturated heterocycles. The molecule has 0 saturated carbocycles. The van der Waals surface area contributed by atoms with E-state index in [0.29, 0.717) is 0 Å². The number of benzene rings is 1. The van der Waals surface area contributed by atoms with E-state index in [-0.39, 0.29) is 5.54 Å². The number of nitrogens with zero attached hydrogens (tertiary/aromatic N) is 1. The van der Waals surface area contributed by atoms with Crippen LogP contribution in [0.25, 0.3) is 0 Å². The van der Waals surface area contributed by atoms with E-state index in [1.165, 1.54) is 0 Å². The smallest absolute Gasteiger partial charge is 0.0995 e. The number of rotatable bonds is 1. The zero-order valence-electron chi connectivity index (χ0n) is 9.18. The van der Waals surface area contributed by atoms with Crippen LogP contribution < -0.4 is 5.32 Å². The third kappa shape index (κ3) is 2.77. The molecule has 0 unspecified atom stereocenters. The van der Waals surface area contributed by atoms with E-state index in [0.717, 1.165) is 16.8 Å². The molecule has 2 heteroatoms. The molecule has 74 valence electrons. The zero-order chi connectivity index (χ0) is 10.8. The third-order valence-corrected chi connectivity index (χ3v) is 1.88. The lowest BCUT2D eigenvalue weighted by Gasteiger charge is -2.22. The maximum Gasteiger partial charge on any atom is 0.0995 e. The summed E-state index contributed by atoms with van der Waals surface area (Å²) in [6, 6.07) is 8.04. The molecule has 0 amide bonds. The summed E-state index contributed by atoms with van der Waals surface area (Å²) in [5.41, 5.74) is 2.79. The van der Waals surface area contributed by atoms with Crippen LogP contribution >= 0.6 is 0 Å². The van der Waals surface area contributed by atoms with Crippen LogP contribution in [-0.2, 0) is 0 Å². The molecule has 2 nitrogen and oxygen atoms in total. The number of aryl methyl sites for hydroxylation is 1. The Morgan fingerprint density at radius 1 is 1.29 bits per heavy atom. The third-order valence-electron chi connectivity index (χ3n) is 1.88. The van der Waals surface area contributed by atoms with Crippen LogP contribution in [-0.4, -0.2) is 5.54 Å². The van der Waals surface area contributed by atoms with E-state index >= 15 is 0 Å². The largest absolute Gasteiger partial charge is 0.380 e. The van der Waals surface area contributed by atoms with E-state index in [1.807, 2.05) is 25.1 Å². The van der Waals surface area contributed by atoms with Gasteiger partial charge in [-0.25, -0.2) is 0 Å². The van der Waals surface area contributed by atoms with E-state index < -0.39 is 0 Å². The number of hydrogen-bond donors (Lipinski definition) is 1. The lowest BCUT2D eigenvalue weighted by molar-refractivity contribution is 0.634. The van der Waals surface area contributed by atoms with E-state index in [1.54, 1.807) is 0 Å². The highest BCUT2D eigenvalue weighted by Crippen LogP contribution is 2.18. The van der Waals surface area contributed by atoms with Gasteiger partial charge in [0.05, 0.1) is 11.6 Å². The maximum atomic E-state index is 8.86. The van der Waals surface area contributed by atoms with Gasteiger partial charge in [-0.1, -0.05) is 6.07 Å². The van der Waals surface area contributed by atoms with Crippen molar-refractivity contribution in [3.05, 3.63) is 29.3 Å². The van der Waals surface area contributed by atoms with Gasteiger partial charge in [-0.05, 0) is 45.4 Å². The van der Waals surface area contributed by atoms with Crippen molar-refractivity contribution in [2.24, 2.45) is 0 Å². The standard InChI is InChI=1S/C12H16N2/c1-9-5-6-11(7-10(9)8-13)14-12(2,3)4/h5-7,14H,1-4H3. The van der Waals surface area contributed by atoms with Crippen molar-refractivity contribution >= 4 is 5.69 Å². The van der Waals surface area contributed by atoms with Crippen LogP contribution in [0.15, 0.2) is 18.2 Å². The zero-order valence-corrected chi connectivity index (χ0v) is 9.18. The average Bonchev–Trinajstić information content (AvgIpc) is 2.06. The quantitative estimate of drug-likeness (QED) is 0.735. The second kappa shape index (κ2) is 3.71. The number of nitriles is 1. The van der Waals surface area contributed by atoms with Crippen molar-refractivity contribution in [3.63, 3.8) is 0 Å². The van der Waals surface area contributed by atoms with Gasteiger partial charge in [-0.15, -0.1) is 0 Å². The molecular weight excluding hydrogens is 172 g/mol. The lowest BCUT2D eigenvalue weighted by atomic mass is 10.1. The second-order valence-electron chi connectivity index (χ2n) is 4.52. The van der Waals surface area contributed by atoms with Gasteiger partial charge >= 0.3 is 0 Å². The minimum Gasteiger partial charge on any atom is -0.380 e. The fraction of sp³-hybridized carbons (Fsp3) is 0.417. The van der Waals surface area contributed by atoms with Crippen molar-refractivity contribution in [1.29, 1.82) is 5.26 Å². The summed E-state index contributed by atoms with van der Waals surface area (Å²) in [7, 11) is 0. The SMILES string of the molecule is Cc1ccc(NC(C)(C)C)cc1C#N. The van der Waals surface area contributed by atoms with Gasteiger partial charge in [0.1, 0.15) is 0 Å². The summed E-state index contributed by atoms with van der Waals surface area (Å²) in [4.78, 5) is 0. The molecule has 0 spiro atoms. The molecule has 0 aliphatic carbocycles. The summed E-state index contributed by atoms with van der Waals surface area (Å²) in [6.07, 6.45) is 0. The van der Waals surface area contributed by atoms with E-state index in [2.05, 4.69) is 32.2 Å². The van der Waals surface area contributed by atoms with Gasteiger partial charge < -0.3 is 5.32 Å². The van der Waals surface area contributed by atoms with Gasteiger partial charge in [0.15, 0.2) is 0 Å². The highest BCUT2D eigenvalue weighted by molar-refractivity contribution is 5.53. The Kier molecular flexibility index (Phi) is 2.81. The van der Waals surface area contributed by atoms with Crippen LogP contribution in [0.4, 0.5) is 5.69 Å². The van der Waals surface area contributed by atoms with Gasteiger partial charge in [0.2, 0.25) is 0 Å². The highest BCUT2D eigenvalue weighted by Gasteiger charge is 2.09. The fourth-order valence-corrected chi connectivity index (χ4v) is 1.25. The first-order chi connectivity index (χ1) is 6.42. The summed E-state index contributed by atoms with van der Waals surface area (Å²) in [5, 5.41) is 12.2. The summed E-state index contributed by atoms with van der Waals surface area (Å²) in [5.74, 6) is 0. The second-order valence-corrected chi connectivity index (χ2v) is 4.52. The molecule has 0 aliphatic rings. The predicted octanol–water partition coefficient (Wildman–Crippen LogP) is 3.08. The molecule has 14 heavy (non-hydrogen) atoms. The molecule has 1 N–H and O–H groups in total. The van der Waals surface area contributed by atoms with E-state index in [4.69, 9.17) is 5.26 Å². The van der Waals surface area contributed by atoms with Crippen molar-refractivity contribution in [1.82, 2.24) is 0 Å².